The maximum absolute atomic E-state index is 11.8. The monoisotopic (exact) mass is 254 g/mol. The van der Waals surface area contributed by atoms with Crippen molar-refractivity contribution in [2.24, 2.45) is 0 Å². The molecule has 1 rings (SSSR count). The Morgan fingerprint density at radius 3 is 2.78 bits per heavy atom. The van der Waals surface area contributed by atoms with Gasteiger partial charge in [-0.2, -0.15) is 0 Å². The third-order valence-electron chi connectivity index (χ3n) is 2.36. The maximum Gasteiger partial charge on any atom is 0.261 e. The van der Waals surface area contributed by atoms with Crippen molar-refractivity contribution in [3.63, 3.8) is 0 Å². The topological polar surface area (TPSA) is 91.4 Å². The van der Waals surface area contributed by atoms with Gasteiger partial charge < -0.3 is 20.1 Å². The molecule has 0 saturated carbocycles. The van der Waals surface area contributed by atoms with E-state index < -0.39 is 5.91 Å². The van der Waals surface area contributed by atoms with Crippen molar-refractivity contribution in [3.05, 3.63) is 33.2 Å². The molecule has 1 amide bonds. The van der Waals surface area contributed by atoms with Crippen molar-refractivity contribution in [2.75, 3.05) is 26.4 Å². The smallest absolute Gasteiger partial charge is 0.261 e. The number of amides is 1. The molecule has 0 fully saturated rings. The lowest BCUT2D eigenvalue weighted by atomic mass is 10.1. The summed E-state index contributed by atoms with van der Waals surface area (Å²) in [6.07, 6.45) is 0. The number of aryl methyl sites for hydroxylation is 2. The molecule has 6 nitrogen and oxygen atoms in total. The lowest BCUT2D eigenvalue weighted by molar-refractivity contribution is 0.0837. The molecule has 0 atom stereocenters. The highest BCUT2D eigenvalue weighted by Gasteiger charge is 2.13. The number of aliphatic hydroxyl groups excluding tert-OH is 1. The van der Waals surface area contributed by atoms with Crippen molar-refractivity contribution < 1.29 is 14.6 Å². The van der Waals surface area contributed by atoms with E-state index in [4.69, 9.17) is 9.84 Å². The van der Waals surface area contributed by atoms with E-state index in [0.717, 1.165) is 5.69 Å². The number of aromatic nitrogens is 1. The number of H-pyrrole nitrogens is 1. The second-order valence-corrected chi connectivity index (χ2v) is 3.93. The molecule has 100 valence electrons. The molecule has 0 aliphatic rings. The van der Waals surface area contributed by atoms with Crippen LogP contribution in [0.25, 0.3) is 0 Å². The number of aromatic amines is 1. The van der Waals surface area contributed by atoms with E-state index in [2.05, 4.69) is 10.3 Å². The molecule has 0 aliphatic heterocycles. The molecule has 0 spiro atoms. The average Bonchev–Trinajstić information content (AvgIpc) is 2.27. The summed E-state index contributed by atoms with van der Waals surface area (Å²) in [6, 6.07) is 1.75. The fourth-order valence-electron chi connectivity index (χ4n) is 1.63. The zero-order valence-electron chi connectivity index (χ0n) is 10.6. The Morgan fingerprint density at radius 2 is 2.17 bits per heavy atom. The highest BCUT2D eigenvalue weighted by molar-refractivity contribution is 5.95. The highest BCUT2D eigenvalue weighted by Crippen LogP contribution is 2.02. The predicted molar refractivity (Wildman–Crippen MR) is 66.8 cm³/mol. The summed E-state index contributed by atoms with van der Waals surface area (Å²) < 4.78 is 5.00. The number of hydrogen-bond donors (Lipinski definition) is 3. The Labute approximate surface area is 105 Å². The molecule has 0 saturated heterocycles. The van der Waals surface area contributed by atoms with Gasteiger partial charge in [-0.15, -0.1) is 0 Å². The Hall–Kier alpha value is -1.66. The Balaban J connectivity index is 2.60. The van der Waals surface area contributed by atoms with E-state index in [1.807, 2.05) is 0 Å². The fraction of sp³-hybridized carbons (Fsp3) is 0.500. The zero-order valence-corrected chi connectivity index (χ0v) is 10.6. The van der Waals surface area contributed by atoms with Gasteiger partial charge in [0.2, 0.25) is 0 Å². The normalized spacial score (nSPS) is 10.4. The summed E-state index contributed by atoms with van der Waals surface area (Å²) in [5.41, 5.74) is 1.11. The van der Waals surface area contributed by atoms with Crippen LogP contribution in [0.15, 0.2) is 10.9 Å². The molecular weight excluding hydrogens is 236 g/mol. The second-order valence-electron chi connectivity index (χ2n) is 3.93. The molecule has 1 aromatic rings. The largest absolute Gasteiger partial charge is 0.394 e. The van der Waals surface area contributed by atoms with Crippen LogP contribution in [0.2, 0.25) is 0 Å². The first kappa shape index (κ1) is 14.4. The quantitative estimate of drug-likeness (QED) is 0.609. The van der Waals surface area contributed by atoms with Gasteiger partial charge in [0.15, 0.2) is 0 Å². The summed E-state index contributed by atoms with van der Waals surface area (Å²) in [4.78, 5) is 26.0. The Kier molecular flexibility index (Phi) is 5.54. The molecule has 6 heteroatoms. The molecule has 1 heterocycles. The zero-order chi connectivity index (χ0) is 13.5. The van der Waals surface area contributed by atoms with Gasteiger partial charge in [0.05, 0.1) is 19.8 Å². The highest BCUT2D eigenvalue weighted by atomic mass is 16.5. The molecule has 0 aromatic carbocycles. The standard InChI is InChI=1S/C12H18N2O4/c1-8-7-9(2)14-12(17)10(8)11(16)13-3-5-18-6-4-15/h7,15H,3-6H2,1-2H3,(H,13,16)(H,14,17). The van der Waals surface area contributed by atoms with Crippen LogP contribution >= 0.6 is 0 Å². The van der Waals surface area contributed by atoms with Crippen LogP contribution in [0, 0.1) is 13.8 Å². The number of pyridine rings is 1. The average molecular weight is 254 g/mol. The van der Waals surface area contributed by atoms with E-state index in [1.165, 1.54) is 0 Å². The summed E-state index contributed by atoms with van der Waals surface area (Å²) in [5, 5.41) is 11.1. The van der Waals surface area contributed by atoms with E-state index in [1.54, 1.807) is 19.9 Å². The van der Waals surface area contributed by atoms with E-state index in [-0.39, 0.29) is 24.3 Å². The summed E-state index contributed by atoms with van der Waals surface area (Å²) >= 11 is 0. The van der Waals surface area contributed by atoms with Crippen LogP contribution in [0.1, 0.15) is 21.6 Å². The molecule has 1 aromatic heterocycles. The van der Waals surface area contributed by atoms with Gasteiger partial charge in [-0.1, -0.05) is 0 Å². The minimum atomic E-state index is -0.415. The number of ether oxygens (including phenoxy) is 1. The summed E-state index contributed by atoms with van der Waals surface area (Å²) in [6.45, 7) is 4.27. The number of nitrogens with one attached hydrogen (secondary N) is 2. The molecule has 0 radical (unpaired) electrons. The van der Waals surface area contributed by atoms with Crippen molar-refractivity contribution in [2.45, 2.75) is 13.8 Å². The maximum atomic E-state index is 11.8. The number of carbonyl (C=O) groups is 1. The van der Waals surface area contributed by atoms with Crippen molar-refractivity contribution in [1.29, 1.82) is 0 Å². The van der Waals surface area contributed by atoms with Crippen LogP contribution in [0.3, 0.4) is 0 Å². The second kappa shape index (κ2) is 6.93. The number of aliphatic hydroxyl groups is 1. The number of hydrogen-bond acceptors (Lipinski definition) is 4. The third kappa shape index (κ3) is 3.97. The van der Waals surface area contributed by atoms with E-state index in [9.17, 15) is 9.59 Å². The lowest BCUT2D eigenvalue weighted by Crippen LogP contribution is -2.33. The molecule has 3 N–H and O–H groups in total. The van der Waals surface area contributed by atoms with Gasteiger partial charge in [0.25, 0.3) is 11.5 Å². The first-order chi connectivity index (χ1) is 8.56. The van der Waals surface area contributed by atoms with Crippen LogP contribution in [0.5, 0.6) is 0 Å². The molecule has 0 aliphatic carbocycles. The first-order valence-corrected chi connectivity index (χ1v) is 5.73. The Bertz CT molecular complexity index is 468. The van der Waals surface area contributed by atoms with Gasteiger partial charge >= 0.3 is 0 Å². The minimum absolute atomic E-state index is 0.0509. The van der Waals surface area contributed by atoms with Gasteiger partial charge in [0, 0.05) is 12.2 Å². The van der Waals surface area contributed by atoms with Gasteiger partial charge in [-0.3, -0.25) is 9.59 Å². The Morgan fingerprint density at radius 1 is 1.44 bits per heavy atom. The molecule has 0 unspecified atom stereocenters. The van der Waals surface area contributed by atoms with E-state index in [0.29, 0.717) is 18.7 Å². The SMILES string of the molecule is Cc1cc(C)c(C(=O)NCCOCCO)c(=O)[nH]1. The lowest BCUT2D eigenvalue weighted by Gasteiger charge is -2.07. The van der Waals surface area contributed by atoms with Gasteiger partial charge in [-0.05, 0) is 25.5 Å². The van der Waals surface area contributed by atoms with E-state index >= 15 is 0 Å². The van der Waals surface area contributed by atoms with Crippen molar-refractivity contribution in [1.82, 2.24) is 10.3 Å². The summed E-state index contributed by atoms with van der Waals surface area (Å²) in [5.74, 6) is -0.415. The predicted octanol–water partition coefficient (Wildman–Crippen LogP) is -0.270. The van der Waals surface area contributed by atoms with Crippen LogP contribution < -0.4 is 10.9 Å². The molecule has 0 bridgehead atoms. The minimum Gasteiger partial charge on any atom is -0.394 e. The third-order valence-corrected chi connectivity index (χ3v) is 2.36. The molecule has 18 heavy (non-hydrogen) atoms. The van der Waals surface area contributed by atoms with Crippen LogP contribution in [-0.2, 0) is 4.74 Å². The van der Waals surface area contributed by atoms with Crippen molar-refractivity contribution in [3.8, 4) is 0 Å². The summed E-state index contributed by atoms with van der Waals surface area (Å²) in [7, 11) is 0. The fourth-order valence-corrected chi connectivity index (χ4v) is 1.63. The number of carbonyl (C=O) groups excluding carboxylic acids is 1. The van der Waals surface area contributed by atoms with Crippen LogP contribution in [-0.4, -0.2) is 42.4 Å². The van der Waals surface area contributed by atoms with Gasteiger partial charge in [-0.25, -0.2) is 0 Å². The van der Waals surface area contributed by atoms with Gasteiger partial charge in [0.1, 0.15) is 5.56 Å². The molecular formula is C12H18N2O4. The first-order valence-electron chi connectivity index (χ1n) is 5.73. The number of rotatable bonds is 6. The van der Waals surface area contributed by atoms with Crippen molar-refractivity contribution >= 4 is 5.91 Å². The van der Waals surface area contributed by atoms with Crippen LogP contribution in [0.4, 0.5) is 0 Å².